The first-order valence-corrected chi connectivity index (χ1v) is 6.54. The first-order chi connectivity index (χ1) is 7.29. The predicted octanol–water partition coefficient (Wildman–Crippen LogP) is 2.83. The van der Waals surface area contributed by atoms with E-state index in [1.54, 1.807) is 0 Å². The predicted molar refractivity (Wildman–Crippen MR) is 61.6 cm³/mol. The second-order valence-corrected chi connectivity index (χ2v) is 5.28. The second-order valence-electron chi connectivity index (χ2n) is 5.28. The largest absolute Gasteiger partial charge is 0.345 e. The van der Waals surface area contributed by atoms with E-state index in [1.807, 2.05) is 11.9 Å². The molecule has 0 aromatic carbocycles. The molecule has 1 saturated carbocycles. The zero-order valence-electron chi connectivity index (χ0n) is 9.87. The lowest BCUT2D eigenvalue weighted by atomic mass is 9.85. The average molecular weight is 209 g/mol. The highest BCUT2D eigenvalue weighted by atomic mass is 16.2. The molecule has 15 heavy (non-hydrogen) atoms. The van der Waals surface area contributed by atoms with Crippen LogP contribution in [0, 0.1) is 11.8 Å². The summed E-state index contributed by atoms with van der Waals surface area (Å²) in [5.41, 5.74) is 0. The summed E-state index contributed by atoms with van der Waals surface area (Å²) < 4.78 is 0. The Labute approximate surface area is 93.0 Å². The summed E-state index contributed by atoms with van der Waals surface area (Å²) in [7, 11) is 1.97. The highest BCUT2D eigenvalue weighted by Crippen LogP contribution is 2.33. The van der Waals surface area contributed by atoms with Crippen LogP contribution in [0.2, 0.25) is 0 Å². The van der Waals surface area contributed by atoms with E-state index in [2.05, 4.69) is 0 Å². The van der Waals surface area contributed by atoms with Crippen molar-refractivity contribution in [3.05, 3.63) is 0 Å². The van der Waals surface area contributed by atoms with Crippen molar-refractivity contribution in [1.82, 2.24) is 4.90 Å². The molecule has 2 nitrogen and oxygen atoms in total. The van der Waals surface area contributed by atoms with Gasteiger partial charge >= 0.3 is 0 Å². The number of rotatable bonds is 0. The maximum absolute atomic E-state index is 11.9. The fourth-order valence-electron chi connectivity index (χ4n) is 3.18. The number of carbonyl (C=O) groups is 1. The number of amides is 1. The van der Waals surface area contributed by atoms with Crippen LogP contribution in [0.3, 0.4) is 0 Å². The SMILES string of the molecule is CN1CC2CCCCCCCCC2C1=O. The minimum Gasteiger partial charge on any atom is -0.345 e. The van der Waals surface area contributed by atoms with E-state index in [0.29, 0.717) is 17.7 Å². The molecule has 1 heterocycles. The Kier molecular flexibility index (Phi) is 3.66. The topological polar surface area (TPSA) is 20.3 Å². The highest BCUT2D eigenvalue weighted by molar-refractivity contribution is 5.81. The van der Waals surface area contributed by atoms with Crippen molar-refractivity contribution in [1.29, 1.82) is 0 Å². The number of likely N-dealkylation sites (tertiary alicyclic amines) is 1. The zero-order chi connectivity index (χ0) is 10.7. The third-order valence-electron chi connectivity index (χ3n) is 4.11. The van der Waals surface area contributed by atoms with Gasteiger partial charge < -0.3 is 4.90 Å². The van der Waals surface area contributed by atoms with Crippen molar-refractivity contribution >= 4 is 5.91 Å². The van der Waals surface area contributed by atoms with Gasteiger partial charge in [0.15, 0.2) is 0 Å². The van der Waals surface area contributed by atoms with Crippen molar-refractivity contribution in [3.63, 3.8) is 0 Å². The van der Waals surface area contributed by atoms with Gasteiger partial charge in [-0.2, -0.15) is 0 Å². The van der Waals surface area contributed by atoms with Crippen molar-refractivity contribution in [3.8, 4) is 0 Å². The molecule has 0 N–H and O–H groups in total. The lowest BCUT2D eigenvalue weighted by Crippen LogP contribution is -2.22. The molecule has 0 radical (unpaired) electrons. The van der Waals surface area contributed by atoms with Crippen LogP contribution in [0.15, 0.2) is 0 Å². The van der Waals surface area contributed by atoms with Gasteiger partial charge in [0.1, 0.15) is 0 Å². The van der Waals surface area contributed by atoms with Crippen LogP contribution in [-0.4, -0.2) is 24.4 Å². The van der Waals surface area contributed by atoms with E-state index in [9.17, 15) is 4.79 Å². The summed E-state index contributed by atoms with van der Waals surface area (Å²) in [6.45, 7) is 1.02. The van der Waals surface area contributed by atoms with Crippen molar-refractivity contribution in [2.75, 3.05) is 13.6 Å². The highest BCUT2D eigenvalue weighted by Gasteiger charge is 2.37. The smallest absolute Gasteiger partial charge is 0.225 e. The first-order valence-electron chi connectivity index (χ1n) is 6.54. The Hall–Kier alpha value is -0.530. The molecule has 2 fully saturated rings. The molecule has 1 amide bonds. The molecule has 2 heteroatoms. The third-order valence-corrected chi connectivity index (χ3v) is 4.11. The van der Waals surface area contributed by atoms with Crippen LogP contribution in [0.1, 0.15) is 51.4 Å². The maximum atomic E-state index is 11.9. The summed E-state index contributed by atoms with van der Waals surface area (Å²) in [5, 5.41) is 0. The second kappa shape index (κ2) is 5.00. The van der Waals surface area contributed by atoms with E-state index in [-0.39, 0.29) is 0 Å². The minimum absolute atomic E-state index is 0.369. The summed E-state index contributed by atoms with van der Waals surface area (Å²) in [5.74, 6) is 1.45. The molecule has 2 unspecified atom stereocenters. The number of hydrogen-bond donors (Lipinski definition) is 0. The van der Waals surface area contributed by atoms with Crippen LogP contribution in [0.5, 0.6) is 0 Å². The fourth-order valence-corrected chi connectivity index (χ4v) is 3.18. The van der Waals surface area contributed by atoms with Crippen LogP contribution < -0.4 is 0 Å². The number of fused-ring (bicyclic) bond motifs is 1. The third kappa shape index (κ3) is 2.53. The summed E-state index contributed by atoms with van der Waals surface area (Å²) >= 11 is 0. The molecule has 2 atom stereocenters. The Bertz CT molecular complexity index is 227. The number of hydrogen-bond acceptors (Lipinski definition) is 1. The van der Waals surface area contributed by atoms with Gasteiger partial charge in [0.2, 0.25) is 5.91 Å². The monoisotopic (exact) mass is 209 g/mol. The fraction of sp³-hybridized carbons (Fsp3) is 0.923. The Morgan fingerprint density at radius 2 is 1.60 bits per heavy atom. The molecule has 2 aliphatic rings. The molecule has 1 saturated heterocycles. The molecule has 86 valence electrons. The average Bonchev–Trinajstić information content (AvgIpc) is 2.51. The van der Waals surface area contributed by atoms with E-state index in [4.69, 9.17) is 0 Å². The van der Waals surface area contributed by atoms with Gasteiger partial charge in [0.25, 0.3) is 0 Å². The van der Waals surface area contributed by atoms with Gasteiger partial charge in [0, 0.05) is 19.5 Å². The van der Waals surface area contributed by atoms with E-state index in [1.165, 1.54) is 44.9 Å². The molecular formula is C13H23NO. The van der Waals surface area contributed by atoms with Gasteiger partial charge in [-0.15, -0.1) is 0 Å². The molecule has 0 spiro atoms. The van der Waals surface area contributed by atoms with Crippen LogP contribution in [0.4, 0.5) is 0 Å². The van der Waals surface area contributed by atoms with Crippen molar-refractivity contribution in [2.24, 2.45) is 11.8 Å². The normalized spacial score (nSPS) is 33.9. The Morgan fingerprint density at radius 1 is 1.00 bits per heavy atom. The van der Waals surface area contributed by atoms with Crippen LogP contribution in [0.25, 0.3) is 0 Å². The molecule has 2 rings (SSSR count). The van der Waals surface area contributed by atoms with Gasteiger partial charge in [-0.1, -0.05) is 38.5 Å². The number of carbonyl (C=O) groups excluding carboxylic acids is 1. The Morgan fingerprint density at radius 3 is 2.33 bits per heavy atom. The van der Waals surface area contributed by atoms with E-state index < -0.39 is 0 Å². The van der Waals surface area contributed by atoms with E-state index >= 15 is 0 Å². The van der Waals surface area contributed by atoms with Crippen LogP contribution in [-0.2, 0) is 4.79 Å². The zero-order valence-corrected chi connectivity index (χ0v) is 9.87. The number of nitrogens with zero attached hydrogens (tertiary/aromatic N) is 1. The van der Waals surface area contributed by atoms with Crippen molar-refractivity contribution < 1.29 is 4.79 Å². The van der Waals surface area contributed by atoms with E-state index in [0.717, 1.165) is 13.0 Å². The molecule has 0 aromatic heterocycles. The molecule has 0 aromatic rings. The quantitative estimate of drug-likeness (QED) is 0.601. The van der Waals surface area contributed by atoms with Gasteiger partial charge in [-0.25, -0.2) is 0 Å². The van der Waals surface area contributed by atoms with Crippen LogP contribution >= 0.6 is 0 Å². The minimum atomic E-state index is 0.369. The van der Waals surface area contributed by atoms with Crippen molar-refractivity contribution in [2.45, 2.75) is 51.4 Å². The standard InChI is InChI=1S/C13H23NO/c1-14-10-11-8-6-4-2-3-5-7-9-12(11)13(14)15/h11-12H,2-10H2,1H3. The van der Waals surface area contributed by atoms with Gasteiger partial charge in [-0.3, -0.25) is 4.79 Å². The molecule has 1 aliphatic heterocycles. The molecule has 0 bridgehead atoms. The lowest BCUT2D eigenvalue weighted by Gasteiger charge is -2.18. The van der Waals surface area contributed by atoms with Gasteiger partial charge in [-0.05, 0) is 18.8 Å². The molecular weight excluding hydrogens is 186 g/mol. The summed E-state index contributed by atoms with van der Waals surface area (Å²) in [6, 6.07) is 0. The first kappa shape index (κ1) is 11.0. The summed E-state index contributed by atoms with van der Waals surface area (Å²) in [6.07, 6.45) is 10.5. The lowest BCUT2D eigenvalue weighted by molar-refractivity contribution is -0.130. The van der Waals surface area contributed by atoms with Gasteiger partial charge in [0.05, 0.1) is 0 Å². The maximum Gasteiger partial charge on any atom is 0.225 e. The molecule has 1 aliphatic carbocycles. The Balaban J connectivity index is 1.97. The summed E-state index contributed by atoms with van der Waals surface area (Å²) in [4.78, 5) is 13.9.